The molecule has 0 N–H and O–H groups in total. The van der Waals surface area contributed by atoms with Crippen molar-refractivity contribution in [3.63, 3.8) is 0 Å². The highest BCUT2D eigenvalue weighted by Gasteiger charge is 2.37. The zero-order chi connectivity index (χ0) is 23.7. The van der Waals surface area contributed by atoms with Crippen LogP contribution in [0.25, 0.3) is 10.8 Å². The Bertz CT molecular complexity index is 1130. The van der Waals surface area contributed by atoms with Crippen LogP contribution in [0.1, 0.15) is 40.5 Å². The average molecular weight is 465 g/mol. The molecule has 2 aromatic rings. The average Bonchev–Trinajstić information content (AvgIpc) is 2.68. The van der Waals surface area contributed by atoms with Crippen LogP contribution in [0.15, 0.2) is 35.5 Å². The molecule has 0 saturated carbocycles. The number of hydrogen-bond donors (Lipinski definition) is 0. The number of carbonyl (C=O) groups excluding carboxylic acids is 1. The van der Waals surface area contributed by atoms with Gasteiger partial charge in [0.1, 0.15) is 5.60 Å². The molecule has 0 radical (unpaired) electrons. The lowest BCUT2D eigenvalue weighted by molar-refractivity contribution is -0.386. The Morgan fingerprint density at radius 1 is 1.22 bits per heavy atom. The molecule has 0 unspecified atom stereocenters. The molecule has 1 saturated heterocycles. The first-order valence-electron chi connectivity index (χ1n) is 10.4. The second-order valence-corrected chi connectivity index (χ2v) is 10.7. The smallest absolute Gasteiger partial charge is 0.410 e. The number of hydrogen-bond acceptors (Lipinski definition) is 7. The van der Waals surface area contributed by atoms with Gasteiger partial charge < -0.3 is 9.64 Å². The van der Waals surface area contributed by atoms with Gasteiger partial charge in [-0.1, -0.05) is 6.07 Å². The third-order valence-corrected chi connectivity index (χ3v) is 7.25. The molecule has 0 bridgehead atoms. The van der Waals surface area contributed by atoms with Crippen molar-refractivity contribution < 1.29 is 22.9 Å². The molecule has 1 aromatic heterocycles. The number of nitrogens with zero attached hydrogens (tertiary/aromatic N) is 4. The van der Waals surface area contributed by atoms with E-state index in [1.807, 2.05) is 0 Å². The van der Waals surface area contributed by atoms with Gasteiger partial charge in [-0.15, -0.1) is 0 Å². The third-order valence-electron chi connectivity index (χ3n) is 5.21. The Kier molecular flexibility index (Phi) is 6.70. The maximum atomic E-state index is 13.6. The van der Waals surface area contributed by atoms with Gasteiger partial charge in [0.2, 0.25) is 10.0 Å². The van der Waals surface area contributed by atoms with Crippen molar-refractivity contribution in [3.8, 4) is 0 Å². The number of carbonyl (C=O) groups is 1. The van der Waals surface area contributed by atoms with Gasteiger partial charge >= 0.3 is 6.09 Å². The van der Waals surface area contributed by atoms with Crippen LogP contribution in [0.2, 0.25) is 0 Å². The number of rotatable bonds is 3. The van der Waals surface area contributed by atoms with Crippen LogP contribution < -0.4 is 0 Å². The Hall–Kier alpha value is -2.79. The topological polar surface area (TPSA) is 123 Å². The number of fused-ring (bicyclic) bond motifs is 1. The molecular weight excluding hydrogens is 436 g/mol. The number of benzene rings is 1. The zero-order valence-corrected chi connectivity index (χ0v) is 19.5. The number of pyridine rings is 1. The zero-order valence-electron chi connectivity index (χ0n) is 18.6. The lowest BCUT2D eigenvalue weighted by Gasteiger charge is -2.36. The molecule has 1 fully saturated rings. The minimum absolute atomic E-state index is 0.124. The summed E-state index contributed by atoms with van der Waals surface area (Å²) in [6.45, 7) is 7.78. The van der Waals surface area contributed by atoms with Gasteiger partial charge in [0.15, 0.2) is 4.90 Å². The quantitative estimate of drug-likeness (QED) is 0.503. The van der Waals surface area contributed by atoms with Gasteiger partial charge in [-0.05, 0) is 52.7 Å². The van der Waals surface area contributed by atoms with Crippen molar-refractivity contribution in [2.24, 2.45) is 0 Å². The van der Waals surface area contributed by atoms with Crippen molar-refractivity contribution >= 4 is 32.6 Å². The lowest BCUT2D eigenvalue weighted by Crippen LogP contribution is -2.50. The molecule has 1 atom stereocenters. The molecule has 2 heterocycles. The summed E-state index contributed by atoms with van der Waals surface area (Å²) in [7, 11) is -4.21. The molecule has 1 aliphatic rings. The summed E-state index contributed by atoms with van der Waals surface area (Å²) in [6, 6.07) is 3.62. The van der Waals surface area contributed by atoms with Crippen molar-refractivity contribution in [1.29, 1.82) is 0 Å². The minimum atomic E-state index is -4.21. The van der Waals surface area contributed by atoms with Crippen molar-refractivity contribution in [2.75, 3.05) is 19.6 Å². The third kappa shape index (κ3) is 4.99. The maximum Gasteiger partial charge on any atom is 0.410 e. The molecule has 10 nitrogen and oxygen atoms in total. The van der Waals surface area contributed by atoms with E-state index in [4.69, 9.17) is 4.74 Å². The minimum Gasteiger partial charge on any atom is -0.444 e. The van der Waals surface area contributed by atoms with Crippen molar-refractivity contribution in [1.82, 2.24) is 14.2 Å². The van der Waals surface area contributed by atoms with Crippen LogP contribution in [-0.4, -0.2) is 64.9 Å². The van der Waals surface area contributed by atoms with E-state index in [2.05, 4.69) is 4.98 Å². The molecule has 0 spiro atoms. The van der Waals surface area contributed by atoms with Crippen LogP contribution in [0, 0.1) is 10.1 Å². The van der Waals surface area contributed by atoms with Crippen molar-refractivity contribution in [3.05, 3.63) is 40.7 Å². The highest BCUT2D eigenvalue weighted by atomic mass is 32.2. The fraction of sp³-hybridized carbons (Fsp3) is 0.524. The SMILES string of the molecule is C[C@@H]1CN(C(=O)OC(C)(C)C)CCCCN1S(=O)(=O)c1ccc2cnccc2c1[N+](=O)[O-]. The van der Waals surface area contributed by atoms with E-state index < -0.39 is 38.4 Å². The predicted octanol–water partition coefficient (Wildman–Crippen LogP) is 3.55. The molecule has 1 aromatic carbocycles. The van der Waals surface area contributed by atoms with E-state index in [1.54, 1.807) is 27.7 Å². The molecule has 3 rings (SSSR count). The fourth-order valence-electron chi connectivity index (χ4n) is 3.80. The standard InChI is InChI=1S/C21H28N4O6S/c1-15-14-23(20(26)31-21(2,3)4)11-5-6-12-24(15)32(29,30)18-8-7-16-13-22-10-9-17(16)19(18)25(27)28/h7-10,13,15H,5-6,11-12,14H2,1-4H3/t15-/m1/s1. The summed E-state index contributed by atoms with van der Waals surface area (Å²) in [5.41, 5.74) is -1.14. The normalized spacial score (nSPS) is 18.8. The summed E-state index contributed by atoms with van der Waals surface area (Å²) in [6.07, 6.45) is 3.43. The Morgan fingerprint density at radius 2 is 1.91 bits per heavy atom. The molecule has 11 heteroatoms. The summed E-state index contributed by atoms with van der Waals surface area (Å²) in [4.78, 5) is 28.9. The van der Waals surface area contributed by atoms with Gasteiger partial charge in [0.25, 0.3) is 5.69 Å². The maximum absolute atomic E-state index is 13.6. The van der Waals surface area contributed by atoms with Gasteiger partial charge in [0, 0.05) is 43.5 Å². The monoisotopic (exact) mass is 464 g/mol. The van der Waals surface area contributed by atoms with E-state index in [1.165, 1.54) is 39.8 Å². The molecule has 32 heavy (non-hydrogen) atoms. The Morgan fingerprint density at radius 3 is 2.56 bits per heavy atom. The number of nitro benzene ring substituents is 1. The van der Waals surface area contributed by atoms with Crippen molar-refractivity contribution in [2.45, 2.75) is 57.1 Å². The van der Waals surface area contributed by atoms with Gasteiger partial charge in [0.05, 0.1) is 10.3 Å². The summed E-state index contributed by atoms with van der Waals surface area (Å²) in [5, 5.41) is 12.6. The Balaban J connectivity index is 1.98. The van der Waals surface area contributed by atoms with Gasteiger partial charge in [-0.2, -0.15) is 4.31 Å². The van der Waals surface area contributed by atoms with E-state index in [-0.39, 0.29) is 23.4 Å². The first-order valence-corrected chi connectivity index (χ1v) is 11.9. The number of aromatic nitrogens is 1. The molecule has 1 aliphatic heterocycles. The van der Waals surface area contributed by atoms with Crippen LogP contribution in [0.4, 0.5) is 10.5 Å². The largest absolute Gasteiger partial charge is 0.444 e. The molecular formula is C21H28N4O6S. The number of nitro groups is 1. The second kappa shape index (κ2) is 8.99. The number of sulfonamides is 1. The summed E-state index contributed by atoms with van der Waals surface area (Å²) >= 11 is 0. The Labute approximate surface area is 187 Å². The van der Waals surface area contributed by atoms with Crippen LogP contribution in [0.5, 0.6) is 0 Å². The van der Waals surface area contributed by atoms with Crippen LogP contribution >= 0.6 is 0 Å². The molecule has 0 aliphatic carbocycles. The number of amides is 1. The highest BCUT2D eigenvalue weighted by Crippen LogP contribution is 2.35. The second-order valence-electron chi connectivity index (χ2n) is 8.86. The lowest BCUT2D eigenvalue weighted by atomic mass is 10.1. The van der Waals surface area contributed by atoms with Crippen LogP contribution in [0.3, 0.4) is 0 Å². The number of ether oxygens (including phenoxy) is 1. The molecule has 1 amide bonds. The summed E-state index contributed by atoms with van der Waals surface area (Å²) < 4.78 is 33.9. The summed E-state index contributed by atoms with van der Waals surface area (Å²) in [5.74, 6) is 0. The fourth-order valence-corrected chi connectivity index (χ4v) is 5.63. The predicted molar refractivity (Wildman–Crippen MR) is 119 cm³/mol. The van der Waals surface area contributed by atoms with Gasteiger partial charge in [-0.3, -0.25) is 15.1 Å². The first kappa shape index (κ1) is 23.9. The van der Waals surface area contributed by atoms with Gasteiger partial charge in [-0.25, -0.2) is 13.2 Å². The van der Waals surface area contributed by atoms with E-state index in [0.717, 1.165) is 0 Å². The highest BCUT2D eigenvalue weighted by molar-refractivity contribution is 7.89. The first-order chi connectivity index (χ1) is 14.9. The van der Waals surface area contributed by atoms with E-state index >= 15 is 0 Å². The van der Waals surface area contributed by atoms with Crippen LogP contribution in [-0.2, 0) is 14.8 Å². The molecule has 174 valence electrons. The van der Waals surface area contributed by atoms with E-state index in [0.29, 0.717) is 24.8 Å². The van der Waals surface area contributed by atoms with E-state index in [9.17, 15) is 23.3 Å².